The Morgan fingerprint density at radius 3 is 2.38 bits per heavy atom. The molecule has 0 aliphatic heterocycles. The third kappa shape index (κ3) is 4.24. The number of benzene rings is 1. The van der Waals surface area contributed by atoms with Gasteiger partial charge in [-0.1, -0.05) is 5.16 Å². The largest absolute Gasteiger partial charge is 0.493 e. The van der Waals surface area contributed by atoms with Crippen molar-refractivity contribution in [2.75, 3.05) is 39.9 Å². The minimum atomic E-state index is -0.214. The average Bonchev–Trinajstić information content (AvgIpc) is 3.05. The lowest BCUT2D eigenvalue weighted by atomic mass is 10.0. The van der Waals surface area contributed by atoms with Crippen LogP contribution in [0.15, 0.2) is 16.7 Å². The first-order valence-corrected chi connectivity index (χ1v) is 9.50. The summed E-state index contributed by atoms with van der Waals surface area (Å²) in [5, 5.41) is 6.87. The number of aryl methyl sites for hydroxylation is 1. The number of rotatable bonds is 9. The summed E-state index contributed by atoms with van der Waals surface area (Å²) in [6.45, 7) is 2.33. The predicted octanol–water partition coefficient (Wildman–Crippen LogP) is 3.16. The fourth-order valence-electron chi connectivity index (χ4n) is 2.55. The number of carbonyl (C=O) groups excluding carboxylic acids is 1. The zero-order valence-electron chi connectivity index (χ0n) is 15.7. The summed E-state index contributed by atoms with van der Waals surface area (Å²) < 4.78 is 21.5. The van der Waals surface area contributed by atoms with Gasteiger partial charge in [0.15, 0.2) is 17.3 Å². The number of hydrogen-bond acceptors (Lipinski definition) is 7. The molecular weight excluding hydrogens is 356 g/mol. The molecule has 0 aliphatic carbocycles. The van der Waals surface area contributed by atoms with E-state index in [4.69, 9.17) is 18.7 Å². The maximum atomic E-state index is 12.6. The summed E-state index contributed by atoms with van der Waals surface area (Å²) in [7, 11) is 4.60. The molecule has 1 amide bonds. The molecule has 142 valence electrons. The molecule has 0 saturated carbocycles. The van der Waals surface area contributed by atoms with Crippen LogP contribution in [0.5, 0.6) is 17.2 Å². The van der Waals surface area contributed by atoms with Crippen molar-refractivity contribution >= 4 is 17.7 Å². The molecule has 2 aromatic rings. The van der Waals surface area contributed by atoms with Crippen LogP contribution < -0.4 is 19.5 Å². The number of hydrogen-bond donors (Lipinski definition) is 1. The number of amides is 1. The maximum absolute atomic E-state index is 12.6. The van der Waals surface area contributed by atoms with E-state index >= 15 is 0 Å². The van der Waals surface area contributed by atoms with Crippen LogP contribution in [0.1, 0.15) is 22.5 Å². The molecule has 0 radical (unpaired) electrons. The van der Waals surface area contributed by atoms with Gasteiger partial charge in [0, 0.05) is 12.1 Å². The van der Waals surface area contributed by atoms with Crippen molar-refractivity contribution in [3.63, 3.8) is 0 Å². The highest BCUT2D eigenvalue weighted by Crippen LogP contribution is 2.42. The quantitative estimate of drug-likeness (QED) is 0.669. The van der Waals surface area contributed by atoms with E-state index in [1.165, 1.54) is 21.3 Å². The first-order chi connectivity index (χ1) is 12.6. The second-order valence-electron chi connectivity index (χ2n) is 5.49. The van der Waals surface area contributed by atoms with Gasteiger partial charge in [-0.25, -0.2) is 0 Å². The van der Waals surface area contributed by atoms with Crippen LogP contribution in [0.3, 0.4) is 0 Å². The Balaban J connectivity index is 2.39. The molecule has 1 heterocycles. The number of nitrogens with zero attached hydrogens (tertiary/aromatic N) is 1. The number of thioether (sulfide) groups is 1. The third-order valence-electron chi connectivity index (χ3n) is 3.83. The third-order valence-corrected chi connectivity index (χ3v) is 4.52. The van der Waals surface area contributed by atoms with Crippen molar-refractivity contribution in [1.82, 2.24) is 10.5 Å². The molecule has 1 aromatic carbocycles. The normalized spacial score (nSPS) is 10.5. The van der Waals surface area contributed by atoms with Crippen molar-refractivity contribution in [2.24, 2.45) is 0 Å². The van der Waals surface area contributed by atoms with Gasteiger partial charge in [-0.3, -0.25) is 4.79 Å². The van der Waals surface area contributed by atoms with E-state index in [0.717, 1.165) is 12.2 Å². The Kier molecular flexibility index (Phi) is 7.20. The predicted molar refractivity (Wildman–Crippen MR) is 102 cm³/mol. The zero-order chi connectivity index (χ0) is 19.1. The summed E-state index contributed by atoms with van der Waals surface area (Å²) in [4.78, 5) is 12.6. The van der Waals surface area contributed by atoms with E-state index in [0.29, 0.717) is 46.4 Å². The fraction of sp³-hybridized carbons (Fsp3) is 0.444. The highest BCUT2D eigenvalue weighted by Gasteiger charge is 2.24. The number of nitrogens with one attached hydrogen (secondary N) is 1. The first kappa shape index (κ1) is 20.0. The highest BCUT2D eigenvalue weighted by atomic mass is 32.2. The van der Waals surface area contributed by atoms with E-state index in [-0.39, 0.29) is 5.91 Å². The van der Waals surface area contributed by atoms with Gasteiger partial charge in [-0.2, -0.15) is 11.8 Å². The molecule has 0 bridgehead atoms. The lowest BCUT2D eigenvalue weighted by molar-refractivity contribution is 0.0953. The van der Waals surface area contributed by atoms with Crippen LogP contribution in [-0.2, 0) is 0 Å². The molecule has 1 aromatic heterocycles. The first-order valence-electron chi connectivity index (χ1n) is 8.11. The minimum Gasteiger partial charge on any atom is -0.493 e. The van der Waals surface area contributed by atoms with Gasteiger partial charge < -0.3 is 24.1 Å². The van der Waals surface area contributed by atoms with E-state index in [1.807, 2.05) is 6.26 Å². The van der Waals surface area contributed by atoms with Gasteiger partial charge in [0.05, 0.1) is 27.0 Å². The summed E-state index contributed by atoms with van der Waals surface area (Å²) >= 11 is 1.74. The van der Waals surface area contributed by atoms with Gasteiger partial charge in [0.2, 0.25) is 5.75 Å². The topological polar surface area (TPSA) is 82.8 Å². The maximum Gasteiger partial charge on any atom is 0.257 e. The van der Waals surface area contributed by atoms with Crippen LogP contribution in [0.25, 0.3) is 11.3 Å². The second-order valence-corrected chi connectivity index (χ2v) is 6.47. The smallest absolute Gasteiger partial charge is 0.257 e. The van der Waals surface area contributed by atoms with Gasteiger partial charge in [0.25, 0.3) is 5.91 Å². The minimum absolute atomic E-state index is 0.214. The van der Waals surface area contributed by atoms with Crippen LogP contribution in [0, 0.1) is 6.92 Å². The van der Waals surface area contributed by atoms with Crippen molar-refractivity contribution in [3.8, 4) is 28.6 Å². The van der Waals surface area contributed by atoms with E-state index < -0.39 is 0 Å². The molecule has 8 heteroatoms. The fourth-order valence-corrected chi connectivity index (χ4v) is 2.99. The van der Waals surface area contributed by atoms with Crippen molar-refractivity contribution in [1.29, 1.82) is 0 Å². The van der Waals surface area contributed by atoms with Crippen LogP contribution in [-0.4, -0.2) is 50.9 Å². The van der Waals surface area contributed by atoms with Gasteiger partial charge >= 0.3 is 0 Å². The van der Waals surface area contributed by atoms with E-state index in [2.05, 4.69) is 10.5 Å². The number of aromatic nitrogens is 1. The molecule has 0 spiro atoms. The van der Waals surface area contributed by atoms with Crippen molar-refractivity contribution in [3.05, 3.63) is 23.4 Å². The molecule has 0 atom stereocenters. The summed E-state index contributed by atoms with van der Waals surface area (Å²) in [6.07, 6.45) is 2.94. The van der Waals surface area contributed by atoms with Gasteiger partial charge in [0.1, 0.15) is 5.56 Å². The van der Waals surface area contributed by atoms with Crippen molar-refractivity contribution < 1.29 is 23.5 Å². The Morgan fingerprint density at radius 2 is 1.85 bits per heavy atom. The second kappa shape index (κ2) is 9.38. The number of carbonyl (C=O) groups is 1. The highest BCUT2D eigenvalue weighted by molar-refractivity contribution is 7.98. The lowest BCUT2D eigenvalue weighted by Gasteiger charge is -2.13. The summed E-state index contributed by atoms with van der Waals surface area (Å²) in [6, 6.07) is 3.46. The molecule has 2 rings (SSSR count). The molecule has 7 nitrogen and oxygen atoms in total. The molecule has 26 heavy (non-hydrogen) atoms. The average molecular weight is 380 g/mol. The lowest BCUT2D eigenvalue weighted by Crippen LogP contribution is -2.25. The SMILES string of the molecule is COc1cc(-c2onc(C)c2C(=O)NCCCSC)cc(OC)c1OC. The summed E-state index contributed by atoms with van der Waals surface area (Å²) in [5.74, 6) is 2.56. The van der Waals surface area contributed by atoms with Crippen LogP contribution >= 0.6 is 11.8 Å². The number of ether oxygens (including phenoxy) is 3. The van der Waals surface area contributed by atoms with E-state index in [1.54, 1.807) is 30.8 Å². The summed E-state index contributed by atoms with van der Waals surface area (Å²) in [5.41, 5.74) is 1.55. The Bertz CT molecular complexity index is 735. The molecule has 0 fully saturated rings. The van der Waals surface area contributed by atoms with E-state index in [9.17, 15) is 4.79 Å². The van der Waals surface area contributed by atoms with Crippen LogP contribution in [0.4, 0.5) is 0 Å². The Morgan fingerprint density at radius 1 is 1.19 bits per heavy atom. The monoisotopic (exact) mass is 380 g/mol. The number of methoxy groups -OCH3 is 3. The van der Waals surface area contributed by atoms with Crippen LogP contribution in [0.2, 0.25) is 0 Å². The molecular formula is C18H24N2O5S. The van der Waals surface area contributed by atoms with Crippen molar-refractivity contribution in [2.45, 2.75) is 13.3 Å². The zero-order valence-corrected chi connectivity index (χ0v) is 16.5. The Labute approximate surface area is 157 Å². The Hall–Kier alpha value is -2.35. The molecule has 1 N–H and O–H groups in total. The van der Waals surface area contributed by atoms with Gasteiger partial charge in [-0.05, 0) is 37.5 Å². The molecule has 0 saturated heterocycles. The van der Waals surface area contributed by atoms with Gasteiger partial charge in [-0.15, -0.1) is 0 Å². The molecule has 0 aliphatic rings. The standard InChI is InChI=1S/C18H24N2O5S/c1-11-15(18(21)19-7-6-8-26-5)16(25-20-11)12-9-13(22-2)17(24-4)14(10-12)23-3/h9-10H,6-8H2,1-5H3,(H,19,21). The molecule has 0 unspecified atom stereocenters.